The molecule has 0 saturated heterocycles. The molecule has 0 unspecified atom stereocenters. The lowest BCUT2D eigenvalue weighted by molar-refractivity contribution is 0.0959. The lowest BCUT2D eigenvalue weighted by Crippen LogP contribution is -2.12. The maximum absolute atomic E-state index is 13.7. The number of hydrogen-bond donors (Lipinski definition) is 0. The van der Waals surface area contributed by atoms with Crippen LogP contribution >= 0.6 is 0 Å². The lowest BCUT2D eigenvalue weighted by Gasteiger charge is -2.02. The summed E-state index contributed by atoms with van der Waals surface area (Å²) in [6, 6.07) is 8.43. The number of fused-ring (bicyclic) bond motifs is 1. The second-order valence-corrected chi connectivity index (χ2v) is 4.03. The maximum Gasteiger partial charge on any atom is 0.281 e. The maximum atomic E-state index is 13.7. The Morgan fingerprint density at radius 3 is 2.74 bits per heavy atom. The van der Waals surface area contributed by atoms with E-state index >= 15 is 0 Å². The van der Waals surface area contributed by atoms with Crippen molar-refractivity contribution in [3.63, 3.8) is 0 Å². The van der Waals surface area contributed by atoms with Crippen molar-refractivity contribution in [2.75, 3.05) is 0 Å². The molecule has 94 valence electrons. The summed E-state index contributed by atoms with van der Waals surface area (Å²) in [5, 5.41) is 0.200. The highest BCUT2D eigenvalue weighted by molar-refractivity contribution is 6.01. The van der Waals surface area contributed by atoms with Crippen molar-refractivity contribution in [1.82, 2.24) is 9.55 Å². The molecule has 3 nitrogen and oxygen atoms in total. The summed E-state index contributed by atoms with van der Waals surface area (Å²) in [6.45, 7) is 0. The Morgan fingerprint density at radius 1 is 1.16 bits per heavy atom. The number of pyridine rings is 1. The number of nitrogens with zero attached hydrogens (tertiary/aromatic N) is 2. The Labute approximate surface area is 107 Å². The van der Waals surface area contributed by atoms with Gasteiger partial charge in [0.25, 0.3) is 5.91 Å². The van der Waals surface area contributed by atoms with Crippen LogP contribution in [0.4, 0.5) is 8.78 Å². The van der Waals surface area contributed by atoms with Gasteiger partial charge in [0.05, 0.1) is 5.52 Å². The van der Waals surface area contributed by atoms with E-state index in [-0.39, 0.29) is 16.6 Å². The third-order valence-corrected chi connectivity index (χ3v) is 2.82. The summed E-state index contributed by atoms with van der Waals surface area (Å²) in [6.07, 6.45) is 2.51. The van der Waals surface area contributed by atoms with E-state index in [9.17, 15) is 13.6 Å². The van der Waals surface area contributed by atoms with Gasteiger partial charge in [0, 0.05) is 17.8 Å². The number of benzene rings is 1. The smallest absolute Gasteiger partial charge is 0.279 e. The van der Waals surface area contributed by atoms with Gasteiger partial charge in [-0.05, 0) is 30.3 Å². The molecule has 0 radical (unpaired) electrons. The first-order chi connectivity index (χ1) is 9.16. The van der Waals surface area contributed by atoms with Crippen molar-refractivity contribution in [2.24, 2.45) is 0 Å². The van der Waals surface area contributed by atoms with E-state index in [4.69, 9.17) is 0 Å². The number of aromatic nitrogens is 2. The van der Waals surface area contributed by atoms with Gasteiger partial charge < -0.3 is 0 Å². The second-order valence-electron chi connectivity index (χ2n) is 4.03. The quantitative estimate of drug-likeness (QED) is 0.672. The summed E-state index contributed by atoms with van der Waals surface area (Å²) in [4.78, 5) is 16.1. The molecule has 0 aliphatic heterocycles. The van der Waals surface area contributed by atoms with Gasteiger partial charge in [-0.15, -0.1) is 0 Å². The van der Waals surface area contributed by atoms with E-state index in [1.54, 1.807) is 12.1 Å². The average Bonchev–Trinajstić information content (AvgIpc) is 2.75. The lowest BCUT2D eigenvalue weighted by atomic mass is 10.2. The van der Waals surface area contributed by atoms with Crippen LogP contribution in [0.15, 0.2) is 48.8 Å². The summed E-state index contributed by atoms with van der Waals surface area (Å²) < 4.78 is 28.0. The minimum Gasteiger partial charge on any atom is -0.279 e. The van der Waals surface area contributed by atoms with Crippen molar-refractivity contribution in [2.45, 2.75) is 0 Å². The van der Waals surface area contributed by atoms with Gasteiger partial charge in [-0.3, -0.25) is 14.3 Å². The third kappa shape index (κ3) is 1.89. The zero-order valence-corrected chi connectivity index (χ0v) is 9.68. The van der Waals surface area contributed by atoms with Gasteiger partial charge in [0.2, 0.25) is 0 Å². The van der Waals surface area contributed by atoms with Crippen LogP contribution in [0.25, 0.3) is 10.9 Å². The second kappa shape index (κ2) is 4.28. The van der Waals surface area contributed by atoms with Crippen LogP contribution in [-0.2, 0) is 0 Å². The SMILES string of the molecule is O=C(c1ccccn1)n1cc(F)c2ccc(F)cc21. The summed E-state index contributed by atoms with van der Waals surface area (Å²) in [7, 11) is 0. The molecule has 0 aliphatic rings. The Bertz CT molecular complexity index is 766. The molecule has 3 aromatic rings. The molecule has 5 heteroatoms. The standard InChI is InChI=1S/C14H8F2N2O/c15-9-4-5-10-11(16)8-18(13(10)7-9)14(19)12-3-1-2-6-17-12/h1-8H. The largest absolute Gasteiger partial charge is 0.281 e. The molecule has 0 N–H and O–H groups in total. The van der Waals surface area contributed by atoms with E-state index in [1.807, 2.05) is 0 Å². The van der Waals surface area contributed by atoms with Crippen molar-refractivity contribution in [1.29, 1.82) is 0 Å². The first-order valence-electron chi connectivity index (χ1n) is 5.58. The predicted octanol–water partition coefficient (Wildman–Crippen LogP) is 3.00. The molecule has 0 aliphatic carbocycles. The van der Waals surface area contributed by atoms with Crippen LogP contribution in [0.2, 0.25) is 0 Å². The molecule has 2 aromatic heterocycles. The Balaban J connectivity index is 2.21. The number of halogens is 2. The number of carbonyl (C=O) groups excluding carboxylic acids is 1. The summed E-state index contributed by atoms with van der Waals surface area (Å²) in [5.41, 5.74) is 0.358. The van der Waals surface area contributed by atoms with E-state index in [0.717, 1.165) is 22.9 Å². The highest BCUT2D eigenvalue weighted by Crippen LogP contribution is 2.21. The zero-order chi connectivity index (χ0) is 13.4. The van der Waals surface area contributed by atoms with Crippen molar-refractivity contribution < 1.29 is 13.6 Å². The minimum absolute atomic E-state index is 0.170. The molecule has 0 atom stereocenters. The Morgan fingerprint density at radius 2 is 2.00 bits per heavy atom. The fourth-order valence-corrected chi connectivity index (χ4v) is 1.94. The minimum atomic E-state index is -0.570. The Kier molecular flexibility index (Phi) is 2.59. The molecular weight excluding hydrogens is 250 g/mol. The Hall–Kier alpha value is -2.56. The topological polar surface area (TPSA) is 34.9 Å². The molecule has 0 amide bonds. The van der Waals surface area contributed by atoms with Crippen LogP contribution in [0.1, 0.15) is 10.5 Å². The van der Waals surface area contributed by atoms with Gasteiger partial charge >= 0.3 is 0 Å². The van der Waals surface area contributed by atoms with Crippen LogP contribution < -0.4 is 0 Å². The molecule has 2 heterocycles. The molecule has 0 saturated carbocycles. The van der Waals surface area contributed by atoms with Crippen LogP contribution in [-0.4, -0.2) is 15.5 Å². The molecular formula is C14H8F2N2O. The van der Waals surface area contributed by atoms with E-state index in [2.05, 4.69) is 4.98 Å². The van der Waals surface area contributed by atoms with Gasteiger partial charge in [-0.2, -0.15) is 0 Å². The van der Waals surface area contributed by atoms with Crippen molar-refractivity contribution in [3.05, 3.63) is 66.1 Å². The van der Waals surface area contributed by atoms with Gasteiger partial charge in [0.15, 0.2) is 0 Å². The molecule has 0 bridgehead atoms. The van der Waals surface area contributed by atoms with Gasteiger partial charge in [-0.25, -0.2) is 8.78 Å². The highest BCUT2D eigenvalue weighted by Gasteiger charge is 2.16. The van der Waals surface area contributed by atoms with Crippen molar-refractivity contribution in [3.8, 4) is 0 Å². The number of rotatable bonds is 1. The fourth-order valence-electron chi connectivity index (χ4n) is 1.94. The number of hydrogen-bond acceptors (Lipinski definition) is 2. The summed E-state index contributed by atoms with van der Waals surface area (Å²) >= 11 is 0. The molecule has 3 rings (SSSR count). The van der Waals surface area contributed by atoms with Gasteiger partial charge in [-0.1, -0.05) is 6.07 Å². The highest BCUT2D eigenvalue weighted by atomic mass is 19.1. The first-order valence-corrected chi connectivity index (χ1v) is 5.58. The van der Waals surface area contributed by atoms with E-state index < -0.39 is 17.5 Å². The van der Waals surface area contributed by atoms with Gasteiger partial charge in [0.1, 0.15) is 17.3 Å². The first kappa shape index (κ1) is 11.5. The fraction of sp³-hybridized carbons (Fsp3) is 0. The van der Waals surface area contributed by atoms with Crippen LogP contribution in [0.5, 0.6) is 0 Å². The normalized spacial score (nSPS) is 10.8. The zero-order valence-electron chi connectivity index (χ0n) is 9.68. The van der Waals surface area contributed by atoms with Crippen LogP contribution in [0.3, 0.4) is 0 Å². The average molecular weight is 258 g/mol. The van der Waals surface area contributed by atoms with Crippen LogP contribution in [0, 0.1) is 11.6 Å². The third-order valence-electron chi connectivity index (χ3n) is 2.82. The molecule has 1 aromatic carbocycles. The summed E-state index contributed by atoms with van der Waals surface area (Å²) in [5.74, 6) is -1.60. The molecule has 19 heavy (non-hydrogen) atoms. The molecule has 0 spiro atoms. The number of carbonyl (C=O) groups is 1. The predicted molar refractivity (Wildman–Crippen MR) is 65.8 cm³/mol. The monoisotopic (exact) mass is 258 g/mol. The van der Waals surface area contributed by atoms with E-state index in [1.165, 1.54) is 18.3 Å². The van der Waals surface area contributed by atoms with E-state index in [0.29, 0.717) is 0 Å². The van der Waals surface area contributed by atoms with Crippen molar-refractivity contribution >= 4 is 16.8 Å². The molecule has 0 fully saturated rings.